The molecule has 1 aromatic rings. The minimum absolute atomic E-state index is 0.291. The van der Waals surface area contributed by atoms with Gasteiger partial charge < -0.3 is 15.0 Å². The van der Waals surface area contributed by atoms with E-state index in [1.54, 1.807) is 6.07 Å². The van der Waals surface area contributed by atoms with Crippen molar-refractivity contribution in [3.05, 3.63) is 17.9 Å². The van der Waals surface area contributed by atoms with Crippen LogP contribution in [-0.2, 0) is 0 Å². The molecule has 3 nitrogen and oxygen atoms in total. The first-order valence-corrected chi connectivity index (χ1v) is 4.55. The molecule has 76 valence electrons. The first-order valence-electron chi connectivity index (χ1n) is 4.55. The number of likely N-dealkylation sites (N-methyl/N-ethyl adjacent to an activating group) is 1. The molecular formula is C10H13FN2O. The summed E-state index contributed by atoms with van der Waals surface area (Å²) in [7, 11) is 3.46. The van der Waals surface area contributed by atoms with Crippen LogP contribution in [0, 0.1) is 5.82 Å². The second-order valence-electron chi connectivity index (χ2n) is 3.35. The van der Waals surface area contributed by atoms with E-state index in [0.29, 0.717) is 5.75 Å². The summed E-state index contributed by atoms with van der Waals surface area (Å²) in [5.74, 6) is -0.0339. The number of rotatable bonds is 1. The van der Waals surface area contributed by atoms with E-state index >= 15 is 0 Å². The van der Waals surface area contributed by atoms with Crippen LogP contribution in [0.5, 0.6) is 5.75 Å². The Bertz CT molecular complexity index is 354. The van der Waals surface area contributed by atoms with Crippen molar-refractivity contribution in [2.24, 2.45) is 0 Å². The molecule has 2 rings (SSSR count). The number of benzene rings is 1. The van der Waals surface area contributed by atoms with Gasteiger partial charge in [0.2, 0.25) is 0 Å². The Morgan fingerprint density at radius 2 is 2.29 bits per heavy atom. The Balaban J connectivity index is 2.49. The lowest BCUT2D eigenvalue weighted by Gasteiger charge is -2.28. The van der Waals surface area contributed by atoms with Gasteiger partial charge >= 0.3 is 0 Å². The fourth-order valence-corrected chi connectivity index (χ4v) is 1.64. The highest BCUT2D eigenvalue weighted by Gasteiger charge is 2.16. The second-order valence-corrected chi connectivity index (χ2v) is 3.35. The number of methoxy groups -OCH3 is 1. The predicted molar refractivity (Wildman–Crippen MR) is 54.7 cm³/mol. The third-order valence-corrected chi connectivity index (χ3v) is 2.44. The molecule has 0 spiro atoms. The number of anilines is 2. The molecule has 4 heteroatoms. The van der Waals surface area contributed by atoms with Crippen LogP contribution in [-0.4, -0.2) is 27.2 Å². The molecular weight excluding hydrogens is 183 g/mol. The van der Waals surface area contributed by atoms with Gasteiger partial charge in [0.25, 0.3) is 0 Å². The van der Waals surface area contributed by atoms with E-state index in [1.165, 1.54) is 13.2 Å². The van der Waals surface area contributed by atoms with E-state index in [1.807, 2.05) is 7.05 Å². The van der Waals surface area contributed by atoms with Crippen LogP contribution in [0.25, 0.3) is 0 Å². The number of hydrogen-bond donors (Lipinski definition) is 1. The molecule has 0 saturated heterocycles. The third kappa shape index (κ3) is 1.36. The number of nitrogens with one attached hydrogen (secondary N) is 1. The fourth-order valence-electron chi connectivity index (χ4n) is 1.64. The summed E-state index contributed by atoms with van der Waals surface area (Å²) in [4.78, 5) is 2.08. The van der Waals surface area contributed by atoms with Gasteiger partial charge in [0.1, 0.15) is 0 Å². The van der Waals surface area contributed by atoms with E-state index in [2.05, 4.69) is 10.2 Å². The van der Waals surface area contributed by atoms with Gasteiger partial charge in [-0.05, 0) is 0 Å². The number of ether oxygens (including phenoxy) is 1. The summed E-state index contributed by atoms with van der Waals surface area (Å²) in [5, 5.41) is 3.15. The van der Waals surface area contributed by atoms with Crippen LogP contribution in [0.15, 0.2) is 12.1 Å². The van der Waals surface area contributed by atoms with Crippen LogP contribution in [0.3, 0.4) is 0 Å². The predicted octanol–water partition coefficient (Wildman–Crippen LogP) is 1.70. The van der Waals surface area contributed by atoms with E-state index in [0.717, 1.165) is 24.5 Å². The maximum atomic E-state index is 13.3. The SMILES string of the molecule is COc1cc2c(cc1F)NCCN2C. The summed E-state index contributed by atoms with van der Waals surface area (Å²) < 4.78 is 18.3. The molecule has 1 aliphatic rings. The molecule has 0 atom stereocenters. The first kappa shape index (κ1) is 9.12. The van der Waals surface area contributed by atoms with Crippen molar-refractivity contribution in [2.75, 3.05) is 37.5 Å². The van der Waals surface area contributed by atoms with Crippen LogP contribution in [0.1, 0.15) is 0 Å². The van der Waals surface area contributed by atoms with Crippen molar-refractivity contribution in [1.29, 1.82) is 0 Å². The van der Waals surface area contributed by atoms with Crippen molar-refractivity contribution in [1.82, 2.24) is 0 Å². The molecule has 1 aromatic carbocycles. The Morgan fingerprint density at radius 1 is 1.50 bits per heavy atom. The zero-order valence-corrected chi connectivity index (χ0v) is 8.30. The zero-order valence-electron chi connectivity index (χ0n) is 8.30. The molecule has 1 heterocycles. The summed E-state index contributed by atoms with van der Waals surface area (Å²) >= 11 is 0. The summed E-state index contributed by atoms with van der Waals surface area (Å²) in [6.45, 7) is 1.76. The van der Waals surface area contributed by atoms with Crippen LogP contribution < -0.4 is 15.0 Å². The molecule has 0 saturated carbocycles. The van der Waals surface area contributed by atoms with Gasteiger partial charge in [0, 0.05) is 32.3 Å². The molecule has 1 aliphatic heterocycles. The third-order valence-electron chi connectivity index (χ3n) is 2.44. The molecule has 1 N–H and O–H groups in total. The molecule has 0 amide bonds. The quantitative estimate of drug-likeness (QED) is 0.739. The Hall–Kier alpha value is -1.45. The van der Waals surface area contributed by atoms with Gasteiger partial charge in [0.15, 0.2) is 11.6 Å². The van der Waals surface area contributed by atoms with Crippen LogP contribution in [0.4, 0.5) is 15.8 Å². The number of halogens is 1. The number of fused-ring (bicyclic) bond motifs is 1. The molecule has 0 aromatic heterocycles. The van der Waals surface area contributed by atoms with Gasteiger partial charge in [-0.25, -0.2) is 4.39 Å². The van der Waals surface area contributed by atoms with Gasteiger partial charge in [-0.2, -0.15) is 0 Å². The monoisotopic (exact) mass is 196 g/mol. The van der Waals surface area contributed by atoms with Crippen LogP contribution >= 0.6 is 0 Å². The lowest BCUT2D eigenvalue weighted by atomic mass is 10.2. The second kappa shape index (κ2) is 3.36. The highest BCUT2D eigenvalue weighted by atomic mass is 19.1. The zero-order chi connectivity index (χ0) is 10.1. The minimum Gasteiger partial charge on any atom is -0.494 e. The summed E-state index contributed by atoms with van der Waals surface area (Å²) in [6, 6.07) is 3.20. The Morgan fingerprint density at radius 3 is 3.00 bits per heavy atom. The van der Waals surface area contributed by atoms with Crippen molar-refractivity contribution in [3.63, 3.8) is 0 Å². The summed E-state index contributed by atoms with van der Waals surface area (Å²) in [5.41, 5.74) is 1.81. The molecule has 0 radical (unpaired) electrons. The maximum absolute atomic E-state index is 13.3. The van der Waals surface area contributed by atoms with E-state index in [4.69, 9.17) is 4.74 Å². The fraction of sp³-hybridized carbons (Fsp3) is 0.400. The lowest BCUT2D eigenvalue weighted by molar-refractivity contribution is 0.386. The van der Waals surface area contributed by atoms with Crippen LogP contribution in [0.2, 0.25) is 0 Å². The topological polar surface area (TPSA) is 24.5 Å². The standard InChI is InChI=1S/C10H13FN2O/c1-13-4-3-12-8-5-7(11)10(14-2)6-9(8)13/h5-6,12H,3-4H2,1-2H3. The van der Waals surface area contributed by atoms with E-state index in [-0.39, 0.29) is 5.82 Å². The van der Waals surface area contributed by atoms with Crippen molar-refractivity contribution in [2.45, 2.75) is 0 Å². The van der Waals surface area contributed by atoms with E-state index in [9.17, 15) is 4.39 Å². The average Bonchev–Trinajstić information content (AvgIpc) is 2.17. The molecule has 0 fully saturated rings. The highest BCUT2D eigenvalue weighted by Crippen LogP contribution is 2.33. The average molecular weight is 196 g/mol. The van der Waals surface area contributed by atoms with Gasteiger partial charge in [-0.3, -0.25) is 0 Å². The van der Waals surface area contributed by atoms with Crippen molar-refractivity contribution in [3.8, 4) is 5.75 Å². The first-order chi connectivity index (χ1) is 6.72. The number of hydrogen-bond acceptors (Lipinski definition) is 3. The molecule has 0 unspecified atom stereocenters. The maximum Gasteiger partial charge on any atom is 0.167 e. The van der Waals surface area contributed by atoms with Gasteiger partial charge in [0.05, 0.1) is 18.5 Å². The van der Waals surface area contributed by atoms with Gasteiger partial charge in [-0.15, -0.1) is 0 Å². The molecule has 0 bridgehead atoms. The molecule has 14 heavy (non-hydrogen) atoms. The normalized spacial score (nSPS) is 14.6. The largest absolute Gasteiger partial charge is 0.494 e. The highest BCUT2D eigenvalue weighted by molar-refractivity contribution is 5.73. The van der Waals surface area contributed by atoms with Crippen molar-refractivity contribution < 1.29 is 9.13 Å². The van der Waals surface area contributed by atoms with E-state index < -0.39 is 0 Å². The molecule has 0 aliphatic carbocycles. The number of nitrogens with zero attached hydrogens (tertiary/aromatic N) is 1. The Labute approximate surface area is 82.5 Å². The Kier molecular flexibility index (Phi) is 2.19. The lowest BCUT2D eigenvalue weighted by Crippen LogP contribution is -2.30. The summed E-state index contributed by atoms with van der Waals surface area (Å²) in [6.07, 6.45) is 0. The minimum atomic E-state index is -0.325. The van der Waals surface area contributed by atoms with Crippen molar-refractivity contribution >= 4 is 11.4 Å². The smallest absolute Gasteiger partial charge is 0.167 e. The van der Waals surface area contributed by atoms with Gasteiger partial charge in [-0.1, -0.05) is 0 Å².